The van der Waals surface area contributed by atoms with Crippen LogP contribution < -0.4 is 0 Å². The smallest absolute Gasteiger partial charge is 0.0620 e. The van der Waals surface area contributed by atoms with Crippen LogP contribution in [0.3, 0.4) is 0 Å². The van der Waals surface area contributed by atoms with Gasteiger partial charge in [-0.25, -0.2) is 0 Å². The van der Waals surface area contributed by atoms with Crippen LogP contribution in [-0.4, -0.2) is 4.40 Å². The minimum absolute atomic E-state index is 1.02. The average Bonchev–Trinajstić information content (AvgIpc) is 3.29. The molecule has 2 aromatic heterocycles. The average molecular weight is 371 g/mol. The lowest BCUT2D eigenvalue weighted by Gasteiger charge is -2.07. The Bertz CT molecular complexity index is 1590. The third kappa shape index (κ3) is 2.16. The Kier molecular flexibility index (Phi) is 3.36. The van der Waals surface area contributed by atoms with E-state index in [1.165, 1.54) is 54.4 Å². The molecule has 4 aromatic carbocycles. The highest BCUT2D eigenvalue weighted by molar-refractivity contribution is 6.27. The van der Waals surface area contributed by atoms with Gasteiger partial charge >= 0.3 is 0 Å². The monoisotopic (exact) mass is 371 g/mol. The van der Waals surface area contributed by atoms with E-state index in [9.17, 15) is 0 Å². The van der Waals surface area contributed by atoms with Crippen molar-refractivity contribution in [3.63, 3.8) is 0 Å². The molecular weight excluding hydrogens is 350 g/mol. The zero-order chi connectivity index (χ0) is 19.5. The fraction of sp³-hybridized carbons (Fsp3) is 0.0714. The van der Waals surface area contributed by atoms with E-state index in [4.69, 9.17) is 0 Å². The molecule has 29 heavy (non-hydrogen) atoms. The van der Waals surface area contributed by atoms with Gasteiger partial charge in [0.1, 0.15) is 0 Å². The summed E-state index contributed by atoms with van der Waals surface area (Å²) < 4.78 is 2.46. The van der Waals surface area contributed by atoms with Crippen LogP contribution in [0.5, 0.6) is 0 Å². The zero-order valence-electron chi connectivity index (χ0n) is 16.4. The van der Waals surface area contributed by atoms with Gasteiger partial charge in [-0.2, -0.15) is 0 Å². The van der Waals surface area contributed by atoms with Crippen LogP contribution >= 0.6 is 0 Å². The molecule has 1 heteroatoms. The molecule has 6 rings (SSSR count). The predicted octanol–water partition coefficient (Wildman–Crippen LogP) is 7.97. The number of nitrogens with zero attached hydrogens (tertiary/aromatic N) is 1. The number of allylic oxidation sites excluding steroid dienone is 3. The second-order valence-corrected chi connectivity index (χ2v) is 7.79. The first-order valence-corrected chi connectivity index (χ1v) is 10.2. The number of rotatable bonds is 3. The van der Waals surface area contributed by atoms with Crippen LogP contribution in [0.4, 0.5) is 0 Å². The number of benzene rings is 4. The van der Waals surface area contributed by atoms with Crippen LogP contribution in [0.15, 0.2) is 91.5 Å². The minimum Gasteiger partial charge on any atom is -0.307 e. The summed E-state index contributed by atoms with van der Waals surface area (Å²) in [5, 5.41) is 7.85. The maximum Gasteiger partial charge on any atom is 0.0620 e. The van der Waals surface area contributed by atoms with Crippen molar-refractivity contribution in [1.29, 1.82) is 0 Å². The first-order chi connectivity index (χ1) is 14.3. The van der Waals surface area contributed by atoms with Gasteiger partial charge in [0, 0.05) is 26.9 Å². The van der Waals surface area contributed by atoms with Gasteiger partial charge in [0.25, 0.3) is 0 Å². The molecule has 0 spiro atoms. The molecule has 0 bridgehead atoms. The van der Waals surface area contributed by atoms with Gasteiger partial charge in [-0.3, -0.25) is 0 Å². The van der Waals surface area contributed by atoms with Crippen LogP contribution in [-0.2, 0) is 0 Å². The number of para-hydroxylation sites is 2. The number of hydrogen-bond acceptors (Lipinski definition) is 0. The topological polar surface area (TPSA) is 4.41 Å². The minimum atomic E-state index is 1.02. The van der Waals surface area contributed by atoms with Gasteiger partial charge in [-0.1, -0.05) is 86.3 Å². The molecule has 0 unspecified atom stereocenters. The molecule has 0 aliphatic rings. The summed E-state index contributed by atoms with van der Waals surface area (Å²) in [6.45, 7) is 6.39. The number of hydrogen-bond donors (Lipinski definition) is 0. The highest BCUT2D eigenvalue weighted by Gasteiger charge is 2.18. The van der Waals surface area contributed by atoms with E-state index in [1.807, 2.05) is 0 Å². The SMILES string of the molecule is C=C(/C=C\CC)c1ccc2c(ccc3c4cccc5c6ccccc6n(c23)c54)c1. The Hall–Kier alpha value is -3.58. The molecule has 138 valence electrons. The third-order valence-electron chi connectivity index (χ3n) is 6.13. The van der Waals surface area contributed by atoms with Gasteiger partial charge in [0.2, 0.25) is 0 Å². The summed E-state index contributed by atoms with van der Waals surface area (Å²) in [4.78, 5) is 0. The second-order valence-electron chi connectivity index (χ2n) is 7.79. The molecule has 0 atom stereocenters. The molecule has 0 aliphatic heterocycles. The van der Waals surface area contributed by atoms with E-state index < -0.39 is 0 Å². The Morgan fingerprint density at radius 2 is 1.48 bits per heavy atom. The largest absolute Gasteiger partial charge is 0.307 e. The maximum absolute atomic E-state index is 4.25. The molecule has 6 aromatic rings. The van der Waals surface area contributed by atoms with Crippen LogP contribution in [0, 0.1) is 0 Å². The van der Waals surface area contributed by atoms with E-state index in [-0.39, 0.29) is 0 Å². The van der Waals surface area contributed by atoms with Crippen molar-refractivity contribution >= 4 is 54.4 Å². The molecule has 0 radical (unpaired) electrons. The predicted molar refractivity (Wildman–Crippen MR) is 127 cm³/mol. The van der Waals surface area contributed by atoms with Gasteiger partial charge in [0.15, 0.2) is 0 Å². The van der Waals surface area contributed by atoms with Crippen molar-refractivity contribution in [2.75, 3.05) is 0 Å². The van der Waals surface area contributed by atoms with Gasteiger partial charge in [-0.05, 0) is 35.1 Å². The Labute approximate surface area is 169 Å². The first-order valence-electron chi connectivity index (χ1n) is 10.2. The summed E-state index contributed by atoms with van der Waals surface area (Å²) in [6, 6.07) is 26.7. The summed E-state index contributed by atoms with van der Waals surface area (Å²) in [6.07, 6.45) is 5.30. The standard InChI is InChI=1S/C28H21N/c1-3-4-8-18(2)19-13-15-21-20(17-19)14-16-25-24-11-7-10-23-22-9-5-6-12-26(22)29(27(21)25)28(23)24/h4-17H,2-3H2,1H3/b8-4-. The maximum atomic E-state index is 4.25. The van der Waals surface area contributed by atoms with Crippen LogP contribution in [0.1, 0.15) is 18.9 Å². The molecule has 0 saturated carbocycles. The van der Waals surface area contributed by atoms with E-state index >= 15 is 0 Å². The molecule has 2 heterocycles. The summed E-state index contributed by atoms with van der Waals surface area (Å²) in [5.74, 6) is 0. The molecule has 0 fully saturated rings. The lowest BCUT2D eigenvalue weighted by Crippen LogP contribution is -1.85. The van der Waals surface area contributed by atoms with Gasteiger partial charge in [-0.15, -0.1) is 0 Å². The highest BCUT2D eigenvalue weighted by atomic mass is 14.9. The summed E-state index contributed by atoms with van der Waals surface area (Å²) in [5.41, 5.74) is 6.15. The highest BCUT2D eigenvalue weighted by Crippen LogP contribution is 2.41. The fourth-order valence-electron chi connectivity index (χ4n) is 4.80. The molecule has 1 nitrogen and oxygen atoms in total. The van der Waals surface area contributed by atoms with Crippen molar-refractivity contribution in [3.8, 4) is 0 Å². The summed E-state index contributed by atoms with van der Waals surface area (Å²) in [7, 11) is 0. The lowest BCUT2D eigenvalue weighted by atomic mass is 9.99. The van der Waals surface area contributed by atoms with E-state index in [2.05, 4.69) is 103 Å². The molecule has 0 aliphatic carbocycles. The van der Waals surface area contributed by atoms with Gasteiger partial charge in [0.05, 0.1) is 16.6 Å². The summed E-state index contributed by atoms with van der Waals surface area (Å²) >= 11 is 0. The molecule has 0 amide bonds. The van der Waals surface area contributed by atoms with Crippen molar-refractivity contribution < 1.29 is 0 Å². The lowest BCUT2D eigenvalue weighted by molar-refractivity contribution is 1.23. The van der Waals surface area contributed by atoms with Crippen LogP contribution in [0.2, 0.25) is 0 Å². The van der Waals surface area contributed by atoms with Crippen molar-refractivity contribution in [2.45, 2.75) is 13.3 Å². The van der Waals surface area contributed by atoms with Gasteiger partial charge < -0.3 is 4.40 Å². The van der Waals surface area contributed by atoms with Crippen molar-refractivity contribution in [2.24, 2.45) is 0 Å². The van der Waals surface area contributed by atoms with Crippen molar-refractivity contribution in [1.82, 2.24) is 4.40 Å². The van der Waals surface area contributed by atoms with E-state index in [0.29, 0.717) is 0 Å². The fourth-order valence-corrected chi connectivity index (χ4v) is 4.80. The zero-order valence-corrected chi connectivity index (χ0v) is 16.4. The van der Waals surface area contributed by atoms with E-state index in [0.717, 1.165) is 12.0 Å². The molecule has 0 N–H and O–H groups in total. The normalized spacial score (nSPS) is 12.4. The third-order valence-corrected chi connectivity index (χ3v) is 6.13. The van der Waals surface area contributed by atoms with Crippen LogP contribution in [0.25, 0.3) is 54.4 Å². The molecular formula is C28H21N. The Morgan fingerprint density at radius 3 is 2.34 bits per heavy atom. The first kappa shape index (κ1) is 16.4. The quantitative estimate of drug-likeness (QED) is 0.278. The number of fused-ring (bicyclic) bond motifs is 8. The van der Waals surface area contributed by atoms with Crippen molar-refractivity contribution in [3.05, 3.63) is 97.1 Å². The second kappa shape index (κ2) is 5.96. The van der Waals surface area contributed by atoms with E-state index in [1.54, 1.807) is 0 Å². The Morgan fingerprint density at radius 1 is 0.793 bits per heavy atom. The number of aromatic nitrogens is 1. The Balaban J connectivity index is 1.76. The molecule has 0 saturated heterocycles.